The van der Waals surface area contributed by atoms with Gasteiger partial charge in [0.1, 0.15) is 41.7 Å². The van der Waals surface area contributed by atoms with Gasteiger partial charge < -0.3 is 45.1 Å². The summed E-state index contributed by atoms with van der Waals surface area (Å²) in [4.78, 5) is 27.3. The topological polar surface area (TPSA) is 175 Å². The average molecular weight is 516 g/mol. The van der Waals surface area contributed by atoms with Crippen molar-refractivity contribution in [1.29, 1.82) is 0 Å². The molecule has 2 aliphatic heterocycles. The van der Waals surface area contributed by atoms with E-state index < -0.39 is 48.9 Å². The molecule has 5 atom stereocenters. The first kappa shape index (κ1) is 25.6. The summed E-state index contributed by atoms with van der Waals surface area (Å²) in [6.07, 6.45) is -6.19. The second kappa shape index (κ2) is 10.0. The largest absolute Gasteiger partial charge is 0.507 e. The summed E-state index contributed by atoms with van der Waals surface area (Å²) in [5.74, 6) is -1.36. The molecular weight excluding hydrogens is 486 g/mol. The number of aliphatic hydroxyl groups excluding tert-OH is 4. The zero-order chi connectivity index (χ0) is 26.4. The number of phenolic OH excluding ortho intramolecular Hbond substituents is 1. The van der Waals surface area contributed by atoms with E-state index in [1.54, 1.807) is 6.07 Å². The lowest BCUT2D eigenvalue weighted by Crippen LogP contribution is -2.60. The summed E-state index contributed by atoms with van der Waals surface area (Å²) in [6, 6.07) is 5.89. The summed E-state index contributed by atoms with van der Waals surface area (Å²) in [5.41, 5.74) is 0.526. The van der Waals surface area contributed by atoms with Crippen molar-refractivity contribution in [3.63, 3.8) is 0 Å². The summed E-state index contributed by atoms with van der Waals surface area (Å²) in [7, 11) is 1.36. The molecule has 2 saturated heterocycles. The van der Waals surface area contributed by atoms with Crippen LogP contribution in [0.15, 0.2) is 24.3 Å². The predicted octanol–water partition coefficient (Wildman–Crippen LogP) is -0.178. The monoisotopic (exact) mass is 515 g/mol. The van der Waals surface area contributed by atoms with Crippen molar-refractivity contribution in [2.45, 2.75) is 49.5 Å². The fraction of sp³-hybridized carbons (Fsp3) is 0.462. The van der Waals surface area contributed by atoms with Crippen molar-refractivity contribution in [3.8, 4) is 17.2 Å². The van der Waals surface area contributed by atoms with Crippen LogP contribution in [0.4, 0.5) is 0 Å². The molecule has 2 aromatic carbocycles. The van der Waals surface area contributed by atoms with E-state index in [9.17, 15) is 35.1 Å². The maximum Gasteiger partial charge on any atom is 0.229 e. The quantitative estimate of drug-likeness (QED) is 0.266. The second-order valence-electron chi connectivity index (χ2n) is 9.51. The molecule has 0 aromatic heterocycles. The van der Waals surface area contributed by atoms with Crippen LogP contribution in [0.5, 0.6) is 17.2 Å². The van der Waals surface area contributed by atoms with E-state index in [4.69, 9.17) is 14.2 Å². The number of benzene rings is 2. The number of hydrogen-bond donors (Lipinski definition) is 6. The minimum atomic E-state index is -1.73. The van der Waals surface area contributed by atoms with Crippen molar-refractivity contribution in [2.24, 2.45) is 0 Å². The number of carbonyl (C=O) groups is 2. The molecule has 198 valence electrons. The molecule has 2 heterocycles. The van der Waals surface area contributed by atoms with Gasteiger partial charge in [-0.05, 0) is 55.6 Å². The lowest BCUT2D eigenvalue weighted by Gasteiger charge is -2.39. The van der Waals surface area contributed by atoms with Gasteiger partial charge in [0.05, 0.1) is 24.8 Å². The number of piperidine rings is 1. The van der Waals surface area contributed by atoms with Gasteiger partial charge in [-0.2, -0.15) is 0 Å². The highest BCUT2D eigenvalue weighted by Gasteiger charge is 2.46. The number of ether oxygens (including phenoxy) is 3. The number of aromatic hydroxyl groups is 1. The Labute approximate surface area is 212 Å². The van der Waals surface area contributed by atoms with Gasteiger partial charge >= 0.3 is 0 Å². The van der Waals surface area contributed by atoms with Crippen LogP contribution in [-0.4, -0.2) is 94.6 Å². The van der Waals surface area contributed by atoms with Crippen molar-refractivity contribution >= 4 is 11.6 Å². The Morgan fingerprint density at radius 2 is 1.65 bits per heavy atom. The molecule has 5 unspecified atom stereocenters. The molecule has 0 radical (unpaired) electrons. The molecule has 2 aromatic rings. The molecular formula is C26H29NO10. The second-order valence-corrected chi connectivity index (χ2v) is 9.51. The Morgan fingerprint density at radius 3 is 2.32 bits per heavy atom. The lowest BCUT2D eigenvalue weighted by molar-refractivity contribution is -0.277. The summed E-state index contributed by atoms with van der Waals surface area (Å²) >= 11 is 0. The number of nitrogens with one attached hydrogen (secondary N) is 1. The smallest absolute Gasteiger partial charge is 0.229 e. The zero-order valence-corrected chi connectivity index (χ0v) is 20.1. The van der Waals surface area contributed by atoms with Crippen LogP contribution >= 0.6 is 0 Å². The summed E-state index contributed by atoms with van der Waals surface area (Å²) < 4.78 is 16.5. The number of ketones is 2. The molecule has 3 aliphatic rings. The van der Waals surface area contributed by atoms with Crippen LogP contribution in [0, 0.1) is 0 Å². The molecule has 0 saturated carbocycles. The zero-order valence-electron chi connectivity index (χ0n) is 20.1. The van der Waals surface area contributed by atoms with Crippen molar-refractivity contribution in [1.82, 2.24) is 5.32 Å². The van der Waals surface area contributed by atoms with E-state index in [-0.39, 0.29) is 45.4 Å². The maximum absolute atomic E-state index is 13.7. The average Bonchev–Trinajstić information content (AvgIpc) is 2.91. The molecule has 11 heteroatoms. The van der Waals surface area contributed by atoms with E-state index in [1.807, 2.05) is 0 Å². The molecule has 6 N–H and O–H groups in total. The van der Waals surface area contributed by atoms with Crippen molar-refractivity contribution in [2.75, 3.05) is 26.8 Å². The first-order valence-corrected chi connectivity index (χ1v) is 12.1. The van der Waals surface area contributed by atoms with Gasteiger partial charge in [-0.25, -0.2) is 0 Å². The van der Waals surface area contributed by atoms with Gasteiger partial charge in [0.25, 0.3) is 0 Å². The minimum Gasteiger partial charge on any atom is -0.507 e. The maximum atomic E-state index is 13.7. The molecule has 1 aliphatic carbocycles. The Hall–Kier alpha value is -3.06. The van der Waals surface area contributed by atoms with Gasteiger partial charge in [-0.1, -0.05) is 0 Å². The molecule has 0 spiro atoms. The van der Waals surface area contributed by atoms with Gasteiger partial charge in [0, 0.05) is 17.2 Å². The Balaban J connectivity index is 1.56. The molecule has 0 bridgehead atoms. The standard InChI is InChI=1S/C26H29NO10/c1-35-13-8-15-20(17(9-13)36-26-25(34)24(33)22(31)18(10-28)37-26)23(32)19-14(21(15)30)6-12(7-16(19)29)11-2-4-27-5-3-11/h6-9,11,18,22,24-29,31,33-34H,2-5,10H2,1H3. The SMILES string of the molecule is COc1cc(OC2OC(CO)C(O)C(O)C2O)c2c(c1)C(=O)c1cc(C3CCNCC3)cc(O)c1C2=O. The third-order valence-electron chi connectivity index (χ3n) is 7.30. The van der Waals surface area contributed by atoms with E-state index in [0.29, 0.717) is 0 Å². The van der Waals surface area contributed by atoms with Gasteiger partial charge in [0.2, 0.25) is 12.1 Å². The van der Waals surface area contributed by atoms with Gasteiger partial charge in [-0.15, -0.1) is 0 Å². The van der Waals surface area contributed by atoms with Crippen LogP contribution in [0.1, 0.15) is 56.2 Å². The number of fused-ring (bicyclic) bond motifs is 2. The number of rotatable bonds is 5. The number of hydrogen-bond acceptors (Lipinski definition) is 11. The number of phenols is 1. The van der Waals surface area contributed by atoms with Crippen LogP contribution in [0.25, 0.3) is 0 Å². The normalized spacial score (nSPS) is 28.0. The van der Waals surface area contributed by atoms with Crippen LogP contribution in [0.3, 0.4) is 0 Å². The molecule has 0 amide bonds. The molecule has 11 nitrogen and oxygen atoms in total. The Morgan fingerprint density at radius 1 is 0.946 bits per heavy atom. The third-order valence-corrected chi connectivity index (χ3v) is 7.30. The number of aliphatic hydroxyl groups is 4. The fourth-order valence-corrected chi connectivity index (χ4v) is 5.23. The number of methoxy groups -OCH3 is 1. The predicted molar refractivity (Wildman–Crippen MR) is 127 cm³/mol. The lowest BCUT2D eigenvalue weighted by atomic mass is 9.79. The van der Waals surface area contributed by atoms with E-state index >= 15 is 0 Å². The summed E-state index contributed by atoms with van der Waals surface area (Å²) in [6.45, 7) is 0.960. The summed E-state index contributed by atoms with van der Waals surface area (Å²) in [5, 5.41) is 54.2. The number of carbonyl (C=O) groups excluding carboxylic acids is 2. The van der Waals surface area contributed by atoms with E-state index in [1.165, 1.54) is 25.3 Å². The van der Waals surface area contributed by atoms with Gasteiger partial charge in [0.15, 0.2) is 5.78 Å². The van der Waals surface area contributed by atoms with E-state index in [0.717, 1.165) is 31.5 Å². The Bertz CT molecular complexity index is 1220. The van der Waals surface area contributed by atoms with Crippen LogP contribution < -0.4 is 14.8 Å². The highest BCUT2D eigenvalue weighted by molar-refractivity contribution is 6.30. The minimum absolute atomic E-state index is 0.0155. The fourth-order valence-electron chi connectivity index (χ4n) is 5.23. The highest BCUT2D eigenvalue weighted by Crippen LogP contribution is 2.42. The first-order chi connectivity index (χ1) is 17.7. The molecule has 5 rings (SSSR count). The Kier molecular flexibility index (Phi) is 6.92. The third kappa shape index (κ3) is 4.37. The van der Waals surface area contributed by atoms with Crippen molar-refractivity contribution in [3.05, 3.63) is 52.1 Å². The molecule has 37 heavy (non-hydrogen) atoms. The molecule has 2 fully saturated rings. The van der Waals surface area contributed by atoms with Crippen LogP contribution in [0.2, 0.25) is 0 Å². The van der Waals surface area contributed by atoms with Crippen LogP contribution in [-0.2, 0) is 4.74 Å². The first-order valence-electron chi connectivity index (χ1n) is 12.1. The van der Waals surface area contributed by atoms with Crippen molar-refractivity contribution < 1.29 is 49.3 Å². The van der Waals surface area contributed by atoms with Gasteiger partial charge in [-0.3, -0.25) is 9.59 Å². The highest BCUT2D eigenvalue weighted by atomic mass is 16.7. The van der Waals surface area contributed by atoms with E-state index in [2.05, 4.69) is 5.32 Å².